The summed E-state index contributed by atoms with van der Waals surface area (Å²) in [5.74, 6) is 0.896. The average Bonchev–Trinajstić information content (AvgIpc) is 3.21. The van der Waals surface area contributed by atoms with Crippen molar-refractivity contribution in [3.63, 3.8) is 0 Å². The van der Waals surface area contributed by atoms with Gasteiger partial charge in [0.15, 0.2) is 0 Å². The van der Waals surface area contributed by atoms with E-state index in [2.05, 4.69) is 104 Å². The predicted octanol–water partition coefficient (Wildman–Crippen LogP) is 8.89. The molecule has 0 radical (unpaired) electrons. The summed E-state index contributed by atoms with van der Waals surface area (Å²) in [5, 5.41) is 0. The molecule has 0 amide bonds. The van der Waals surface area contributed by atoms with Crippen LogP contribution in [0.5, 0.6) is 0 Å². The van der Waals surface area contributed by atoms with Crippen molar-refractivity contribution in [1.82, 2.24) is 0 Å². The first-order valence-electron chi connectivity index (χ1n) is 11.1. The van der Waals surface area contributed by atoms with Crippen LogP contribution < -0.4 is 0 Å². The first kappa shape index (κ1) is 23.1. The standard InChI is InChI=1S/C28H34N2S/c1-17(2)23-13-9-11-19(5)27(23)29-21(7)25-15-16-26(31-25)22(8)30-28-20(6)12-10-14-24(28)18(3)4/h9-18H,1-8H3. The fraction of sp³-hybridized carbons (Fsp3) is 0.357. The van der Waals surface area contributed by atoms with Crippen LogP contribution in [0.1, 0.15) is 85.4 Å². The Bertz CT molecular complexity index is 1040. The highest BCUT2D eigenvalue weighted by Crippen LogP contribution is 2.33. The predicted molar refractivity (Wildman–Crippen MR) is 139 cm³/mol. The molecule has 0 saturated heterocycles. The van der Waals surface area contributed by atoms with Crippen LogP contribution in [0, 0.1) is 13.8 Å². The first-order valence-corrected chi connectivity index (χ1v) is 11.9. The van der Waals surface area contributed by atoms with Crippen molar-refractivity contribution in [3.8, 4) is 0 Å². The number of hydrogen-bond donors (Lipinski definition) is 0. The highest BCUT2D eigenvalue weighted by molar-refractivity contribution is 7.16. The van der Waals surface area contributed by atoms with E-state index in [0.29, 0.717) is 11.8 Å². The van der Waals surface area contributed by atoms with Crippen molar-refractivity contribution in [2.75, 3.05) is 0 Å². The number of nitrogens with zero attached hydrogens (tertiary/aromatic N) is 2. The topological polar surface area (TPSA) is 24.7 Å². The molecule has 0 aliphatic carbocycles. The van der Waals surface area contributed by atoms with Gasteiger partial charge in [0, 0.05) is 9.75 Å². The van der Waals surface area contributed by atoms with E-state index >= 15 is 0 Å². The Balaban J connectivity index is 1.96. The average molecular weight is 431 g/mol. The van der Waals surface area contributed by atoms with Crippen molar-refractivity contribution in [2.24, 2.45) is 9.98 Å². The molecular formula is C28H34N2S. The van der Waals surface area contributed by atoms with E-state index in [1.54, 1.807) is 11.3 Å². The summed E-state index contributed by atoms with van der Waals surface area (Å²) in [4.78, 5) is 12.5. The van der Waals surface area contributed by atoms with Gasteiger partial charge in [-0.15, -0.1) is 11.3 Å². The fourth-order valence-corrected chi connectivity index (χ4v) is 4.67. The number of para-hydroxylation sites is 2. The van der Waals surface area contributed by atoms with Crippen LogP contribution in [0.25, 0.3) is 0 Å². The van der Waals surface area contributed by atoms with Gasteiger partial charge >= 0.3 is 0 Å². The quantitative estimate of drug-likeness (QED) is 0.349. The Kier molecular flexibility index (Phi) is 7.27. The molecule has 162 valence electrons. The van der Waals surface area contributed by atoms with Gasteiger partial charge in [0.2, 0.25) is 0 Å². The van der Waals surface area contributed by atoms with Crippen LogP contribution >= 0.6 is 11.3 Å². The SMILES string of the molecule is CC(=Nc1c(C)cccc1C(C)C)c1ccc(C(C)=Nc2c(C)cccc2C(C)C)s1. The molecular weight excluding hydrogens is 396 g/mol. The van der Waals surface area contributed by atoms with Gasteiger partial charge in [0.1, 0.15) is 0 Å². The van der Waals surface area contributed by atoms with Gasteiger partial charge in [0.25, 0.3) is 0 Å². The van der Waals surface area contributed by atoms with Crippen LogP contribution in [0.4, 0.5) is 11.4 Å². The molecule has 0 atom stereocenters. The Morgan fingerprint density at radius 2 is 1.03 bits per heavy atom. The summed E-state index contributed by atoms with van der Waals surface area (Å²) >= 11 is 1.77. The lowest BCUT2D eigenvalue weighted by atomic mass is 9.98. The summed E-state index contributed by atoms with van der Waals surface area (Å²) in [6, 6.07) is 17.3. The molecule has 0 aliphatic heterocycles. The maximum Gasteiger partial charge on any atom is 0.0697 e. The molecule has 1 heterocycles. The third-order valence-corrected chi connectivity index (χ3v) is 6.96. The minimum absolute atomic E-state index is 0.448. The van der Waals surface area contributed by atoms with E-state index < -0.39 is 0 Å². The lowest BCUT2D eigenvalue weighted by Gasteiger charge is -2.12. The van der Waals surface area contributed by atoms with Crippen molar-refractivity contribution >= 4 is 34.1 Å². The normalized spacial score (nSPS) is 12.8. The zero-order valence-corrected chi connectivity index (χ0v) is 20.9. The number of aryl methyl sites for hydroxylation is 2. The maximum absolute atomic E-state index is 5.05. The van der Waals surface area contributed by atoms with Crippen LogP contribution in [-0.2, 0) is 0 Å². The number of thiophene rings is 1. The molecule has 0 saturated carbocycles. The molecule has 3 heteroatoms. The molecule has 31 heavy (non-hydrogen) atoms. The first-order chi connectivity index (χ1) is 14.7. The third kappa shape index (κ3) is 5.22. The van der Waals surface area contributed by atoms with Gasteiger partial charge in [-0.3, -0.25) is 9.98 Å². The number of benzene rings is 2. The largest absolute Gasteiger partial charge is 0.252 e. The third-order valence-electron chi connectivity index (χ3n) is 5.66. The minimum atomic E-state index is 0.448. The zero-order valence-electron chi connectivity index (χ0n) is 20.1. The Morgan fingerprint density at radius 3 is 1.39 bits per heavy atom. The molecule has 0 unspecified atom stereocenters. The molecule has 2 aromatic carbocycles. The van der Waals surface area contributed by atoms with E-state index in [1.165, 1.54) is 32.0 Å². The minimum Gasteiger partial charge on any atom is -0.252 e. The van der Waals surface area contributed by atoms with Gasteiger partial charge in [-0.1, -0.05) is 64.1 Å². The molecule has 3 rings (SSSR count). The van der Waals surface area contributed by atoms with E-state index in [1.807, 2.05) is 0 Å². The van der Waals surface area contributed by atoms with Crippen LogP contribution in [0.3, 0.4) is 0 Å². The maximum atomic E-state index is 5.05. The second-order valence-corrected chi connectivity index (χ2v) is 9.98. The Hall–Kier alpha value is -2.52. The number of rotatable bonds is 6. The fourth-order valence-electron chi connectivity index (χ4n) is 3.77. The smallest absolute Gasteiger partial charge is 0.0697 e. The van der Waals surface area contributed by atoms with Crippen molar-refractivity contribution in [1.29, 1.82) is 0 Å². The van der Waals surface area contributed by atoms with Crippen LogP contribution in [0.2, 0.25) is 0 Å². The molecule has 2 nitrogen and oxygen atoms in total. The summed E-state index contributed by atoms with van der Waals surface area (Å²) in [6.07, 6.45) is 0. The van der Waals surface area contributed by atoms with Gasteiger partial charge < -0.3 is 0 Å². The Labute approximate surface area is 191 Å². The summed E-state index contributed by atoms with van der Waals surface area (Å²) in [7, 11) is 0. The van der Waals surface area contributed by atoms with E-state index in [-0.39, 0.29) is 0 Å². The molecule has 0 N–H and O–H groups in total. The second-order valence-electron chi connectivity index (χ2n) is 8.89. The zero-order chi connectivity index (χ0) is 22.7. The molecule has 3 aromatic rings. The van der Waals surface area contributed by atoms with Gasteiger partial charge in [0.05, 0.1) is 22.8 Å². The lowest BCUT2D eigenvalue weighted by Crippen LogP contribution is -1.95. The Morgan fingerprint density at radius 1 is 0.645 bits per heavy atom. The van der Waals surface area contributed by atoms with Crippen molar-refractivity contribution in [2.45, 2.75) is 67.2 Å². The summed E-state index contributed by atoms with van der Waals surface area (Å²) in [6.45, 7) is 17.4. The van der Waals surface area contributed by atoms with Gasteiger partial charge in [-0.25, -0.2) is 0 Å². The molecule has 0 spiro atoms. The summed E-state index contributed by atoms with van der Waals surface area (Å²) < 4.78 is 0. The van der Waals surface area contributed by atoms with E-state index in [9.17, 15) is 0 Å². The number of hydrogen-bond acceptors (Lipinski definition) is 3. The van der Waals surface area contributed by atoms with Crippen LogP contribution in [-0.4, -0.2) is 11.4 Å². The van der Waals surface area contributed by atoms with Gasteiger partial charge in [-0.05, 0) is 73.9 Å². The lowest BCUT2D eigenvalue weighted by molar-refractivity contribution is 0.865. The molecule has 1 aromatic heterocycles. The summed E-state index contributed by atoms with van der Waals surface area (Å²) in [5.41, 5.74) is 9.37. The van der Waals surface area contributed by atoms with Crippen LogP contribution in [0.15, 0.2) is 58.5 Å². The molecule has 0 bridgehead atoms. The van der Waals surface area contributed by atoms with Crippen molar-refractivity contribution in [3.05, 3.63) is 80.5 Å². The van der Waals surface area contributed by atoms with Gasteiger partial charge in [-0.2, -0.15) is 0 Å². The highest BCUT2D eigenvalue weighted by Gasteiger charge is 2.13. The van der Waals surface area contributed by atoms with Crippen molar-refractivity contribution < 1.29 is 0 Å². The highest BCUT2D eigenvalue weighted by atomic mass is 32.1. The number of aliphatic imine (C=N–C) groups is 2. The second kappa shape index (κ2) is 9.74. The monoisotopic (exact) mass is 430 g/mol. The molecule has 0 fully saturated rings. The van der Waals surface area contributed by atoms with E-state index in [0.717, 1.165) is 22.8 Å². The molecule has 0 aliphatic rings. The van der Waals surface area contributed by atoms with E-state index in [4.69, 9.17) is 9.98 Å².